The van der Waals surface area contributed by atoms with Crippen molar-refractivity contribution in [1.29, 1.82) is 0 Å². The molecule has 2 aliphatic rings. The fourth-order valence-electron chi connectivity index (χ4n) is 3.98. The van der Waals surface area contributed by atoms with E-state index in [1.165, 1.54) is 38.8 Å². The molecule has 7 heteroatoms. The van der Waals surface area contributed by atoms with Gasteiger partial charge in [0.15, 0.2) is 11.3 Å². The Morgan fingerprint density at radius 3 is 3.08 bits per heavy atom. The Morgan fingerprint density at radius 1 is 1.29 bits per heavy atom. The van der Waals surface area contributed by atoms with Crippen LogP contribution in [-0.2, 0) is 4.74 Å². The Labute approximate surface area is 149 Å². The Bertz CT molecular complexity index is 745. The van der Waals surface area contributed by atoms with Crippen LogP contribution in [0, 0.1) is 5.92 Å². The first kappa shape index (κ1) is 16.0. The summed E-state index contributed by atoms with van der Waals surface area (Å²) in [7, 11) is 0. The Morgan fingerprint density at radius 2 is 2.17 bits per heavy atom. The SMILES string of the molecule is O=C(OC[C@H]1CCCN2CCCC[C@@H]12)c1cc2ncc(Br)cn2n1. The van der Waals surface area contributed by atoms with Gasteiger partial charge >= 0.3 is 5.97 Å². The van der Waals surface area contributed by atoms with Crippen LogP contribution >= 0.6 is 15.9 Å². The topological polar surface area (TPSA) is 59.7 Å². The fourth-order valence-corrected chi connectivity index (χ4v) is 4.28. The first-order valence-electron chi connectivity index (χ1n) is 8.63. The van der Waals surface area contributed by atoms with E-state index in [-0.39, 0.29) is 5.97 Å². The van der Waals surface area contributed by atoms with Gasteiger partial charge in [-0.15, -0.1) is 0 Å². The van der Waals surface area contributed by atoms with Gasteiger partial charge in [-0.05, 0) is 54.7 Å². The molecule has 0 saturated carbocycles. The summed E-state index contributed by atoms with van der Waals surface area (Å²) in [6.07, 6.45) is 9.63. The van der Waals surface area contributed by atoms with Crippen molar-refractivity contribution < 1.29 is 9.53 Å². The minimum absolute atomic E-state index is 0.317. The molecule has 0 radical (unpaired) electrons. The minimum atomic E-state index is -0.357. The lowest BCUT2D eigenvalue weighted by molar-refractivity contribution is 0.00700. The zero-order valence-corrected chi connectivity index (χ0v) is 15.1. The number of carbonyl (C=O) groups is 1. The van der Waals surface area contributed by atoms with E-state index in [9.17, 15) is 4.79 Å². The number of nitrogens with zero attached hydrogens (tertiary/aromatic N) is 4. The van der Waals surface area contributed by atoms with E-state index in [1.54, 1.807) is 23.0 Å². The molecule has 2 aromatic heterocycles. The van der Waals surface area contributed by atoms with Crippen molar-refractivity contribution in [3.8, 4) is 0 Å². The molecule has 24 heavy (non-hydrogen) atoms. The van der Waals surface area contributed by atoms with Crippen LogP contribution in [0.5, 0.6) is 0 Å². The second-order valence-corrected chi connectivity index (χ2v) is 7.62. The van der Waals surface area contributed by atoms with Crippen molar-refractivity contribution in [3.63, 3.8) is 0 Å². The van der Waals surface area contributed by atoms with Crippen LogP contribution in [0.4, 0.5) is 0 Å². The minimum Gasteiger partial charge on any atom is -0.461 e. The maximum atomic E-state index is 12.4. The van der Waals surface area contributed by atoms with Crippen LogP contribution in [0.1, 0.15) is 42.6 Å². The number of piperidine rings is 2. The van der Waals surface area contributed by atoms with Crippen molar-refractivity contribution >= 4 is 27.5 Å². The van der Waals surface area contributed by atoms with Crippen LogP contribution in [-0.4, -0.2) is 51.2 Å². The lowest BCUT2D eigenvalue weighted by Gasteiger charge is -2.44. The molecular formula is C17H21BrN4O2. The molecule has 4 rings (SSSR count). The number of halogens is 1. The number of esters is 1. The van der Waals surface area contributed by atoms with E-state index in [1.807, 2.05) is 0 Å². The van der Waals surface area contributed by atoms with E-state index in [2.05, 4.69) is 30.9 Å². The highest BCUT2D eigenvalue weighted by atomic mass is 79.9. The third-order valence-electron chi connectivity index (χ3n) is 5.15. The van der Waals surface area contributed by atoms with Crippen LogP contribution in [0.3, 0.4) is 0 Å². The van der Waals surface area contributed by atoms with Gasteiger partial charge in [-0.1, -0.05) is 6.42 Å². The number of rotatable bonds is 3. The summed E-state index contributed by atoms with van der Waals surface area (Å²) in [6, 6.07) is 2.25. The summed E-state index contributed by atoms with van der Waals surface area (Å²) in [4.78, 5) is 19.2. The average molecular weight is 393 g/mol. The first-order valence-corrected chi connectivity index (χ1v) is 9.42. The highest BCUT2D eigenvalue weighted by Crippen LogP contribution is 2.31. The highest BCUT2D eigenvalue weighted by molar-refractivity contribution is 9.10. The third-order valence-corrected chi connectivity index (χ3v) is 5.56. The zero-order valence-electron chi connectivity index (χ0n) is 13.5. The predicted molar refractivity (Wildman–Crippen MR) is 92.9 cm³/mol. The summed E-state index contributed by atoms with van der Waals surface area (Å²) in [6.45, 7) is 2.88. The second-order valence-electron chi connectivity index (χ2n) is 6.70. The van der Waals surface area contributed by atoms with Gasteiger partial charge in [0, 0.05) is 30.4 Å². The van der Waals surface area contributed by atoms with Gasteiger partial charge in [-0.2, -0.15) is 5.10 Å². The molecule has 128 valence electrons. The summed E-state index contributed by atoms with van der Waals surface area (Å²) in [5, 5.41) is 4.26. The molecule has 2 aliphatic heterocycles. The summed E-state index contributed by atoms with van der Waals surface area (Å²) < 4.78 is 8.00. The molecule has 0 amide bonds. The molecule has 0 spiro atoms. The highest BCUT2D eigenvalue weighted by Gasteiger charge is 2.33. The average Bonchev–Trinajstić information content (AvgIpc) is 3.03. The molecule has 0 unspecified atom stereocenters. The van der Waals surface area contributed by atoms with Gasteiger partial charge in [0.05, 0.1) is 11.1 Å². The zero-order chi connectivity index (χ0) is 16.5. The number of aromatic nitrogens is 3. The number of ether oxygens (including phenoxy) is 1. The summed E-state index contributed by atoms with van der Waals surface area (Å²) >= 11 is 3.35. The van der Waals surface area contributed by atoms with Gasteiger partial charge in [0.2, 0.25) is 0 Å². The van der Waals surface area contributed by atoms with Gasteiger partial charge in [-0.3, -0.25) is 4.90 Å². The molecule has 0 bridgehead atoms. The molecular weight excluding hydrogens is 372 g/mol. The number of carbonyl (C=O) groups excluding carboxylic acids is 1. The van der Waals surface area contributed by atoms with Gasteiger partial charge < -0.3 is 4.74 Å². The quantitative estimate of drug-likeness (QED) is 0.751. The summed E-state index contributed by atoms with van der Waals surface area (Å²) in [5.74, 6) is 0.0943. The molecule has 2 fully saturated rings. The monoisotopic (exact) mass is 392 g/mol. The number of hydrogen-bond acceptors (Lipinski definition) is 5. The fraction of sp³-hybridized carbons (Fsp3) is 0.588. The first-order chi connectivity index (χ1) is 11.7. The van der Waals surface area contributed by atoms with Crippen molar-refractivity contribution in [3.05, 3.63) is 28.6 Å². The number of hydrogen-bond donors (Lipinski definition) is 0. The van der Waals surface area contributed by atoms with Gasteiger partial charge in [0.25, 0.3) is 0 Å². The van der Waals surface area contributed by atoms with Gasteiger partial charge in [0.1, 0.15) is 0 Å². The maximum absolute atomic E-state index is 12.4. The van der Waals surface area contributed by atoms with Crippen LogP contribution in [0.25, 0.3) is 5.65 Å². The molecule has 4 heterocycles. The Kier molecular flexibility index (Phi) is 4.54. The van der Waals surface area contributed by atoms with E-state index in [0.29, 0.717) is 29.9 Å². The molecule has 0 aliphatic carbocycles. The Hall–Kier alpha value is -1.47. The molecule has 2 atom stereocenters. The largest absolute Gasteiger partial charge is 0.461 e. The second kappa shape index (κ2) is 6.80. The van der Waals surface area contributed by atoms with Crippen LogP contribution < -0.4 is 0 Å². The van der Waals surface area contributed by atoms with Crippen LogP contribution in [0.15, 0.2) is 22.9 Å². The molecule has 0 N–H and O–H groups in total. The van der Waals surface area contributed by atoms with E-state index >= 15 is 0 Å². The third kappa shape index (κ3) is 3.19. The normalized spacial score (nSPS) is 24.7. The van der Waals surface area contributed by atoms with E-state index in [4.69, 9.17) is 4.74 Å². The van der Waals surface area contributed by atoms with Crippen molar-refractivity contribution in [1.82, 2.24) is 19.5 Å². The van der Waals surface area contributed by atoms with Gasteiger partial charge in [-0.25, -0.2) is 14.3 Å². The predicted octanol–water partition coefficient (Wildman–Crippen LogP) is 2.91. The Balaban J connectivity index is 1.41. The van der Waals surface area contributed by atoms with Crippen molar-refractivity contribution in [2.75, 3.05) is 19.7 Å². The molecule has 2 aromatic rings. The lowest BCUT2D eigenvalue weighted by atomic mass is 9.84. The van der Waals surface area contributed by atoms with E-state index < -0.39 is 0 Å². The summed E-state index contributed by atoms with van der Waals surface area (Å²) in [5.41, 5.74) is 0.957. The maximum Gasteiger partial charge on any atom is 0.358 e. The standard InChI is InChI=1S/C17H21BrN4O2/c18-13-9-19-16-8-14(20-22(16)10-13)17(23)24-11-12-4-3-7-21-6-2-1-5-15(12)21/h8-10,12,15H,1-7,11H2/t12-,15+/m1/s1. The smallest absolute Gasteiger partial charge is 0.358 e. The van der Waals surface area contributed by atoms with Crippen molar-refractivity contribution in [2.24, 2.45) is 5.92 Å². The molecule has 2 saturated heterocycles. The van der Waals surface area contributed by atoms with E-state index in [0.717, 1.165) is 10.9 Å². The molecule has 0 aromatic carbocycles. The van der Waals surface area contributed by atoms with Crippen molar-refractivity contribution in [2.45, 2.75) is 38.1 Å². The molecule has 6 nitrogen and oxygen atoms in total. The lowest BCUT2D eigenvalue weighted by Crippen LogP contribution is -2.49. The number of fused-ring (bicyclic) bond motifs is 2. The van der Waals surface area contributed by atoms with Crippen LogP contribution in [0.2, 0.25) is 0 Å².